The Morgan fingerprint density at radius 1 is 1.03 bits per heavy atom. The van der Waals surface area contributed by atoms with Crippen molar-refractivity contribution >= 4 is 11.7 Å². The van der Waals surface area contributed by atoms with Crippen LogP contribution in [0.25, 0.3) is 0 Å². The largest absolute Gasteiger partial charge is 0.462 e. The molecule has 1 unspecified atom stereocenters. The predicted molar refractivity (Wildman–Crippen MR) is 116 cm³/mol. The monoisotopic (exact) mass is 404 g/mol. The van der Waals surface area contributed by atoms with Gasteiger partial charge in [0.25, 0.3) is 0 Å². The van der Waals surface area contributed by atoms with Crippen LogP contribution in [0.3, 0.4) is 0 Å². The van der Waals surface area contributed by atoms with Crippen LogP contribution in [0, 0.1) is 11.2 Å². The molecule has 0 radical (unpaired) electrons. The fourth-order valence-corrected chi connectivity index (χ4v) is 4.93. The van der Waals surface area contributed by atoms with Crippen LogP contribution < -0.4 is 4.90 Å². The second kappa shape index (κ2) is 10.4. The summed E-state index contributed by atoms with van der Waals surface area (Å²) in [6.07, 6.45) is 8.41. The number of nitrogens with zero attached hydrogens (tertiary/aromatic N) is 2. The van der Waals surface area contributed by atoms with E-state index in [9.17, 15) is 9.18 Å². The SMILES string of the molecule is CCCCCC1(CCC)C[C@H](CCN2CCN(c3ccc(F)cc3)CC2)OC1=O. The summed E-state index contributed by atoms with van der Waals surface area (Å²) < 4.78 is 19.0. The van der Waals surface area contributed by atoms with Crippen molar-refractivity contribution in [2.45, 2.75) is 71.3 Å². The first-order chi connectivity index (χ1) is 14.1. The summed E-state index contributed by atoms with van der Waals surface area (Å²) in [5.74, 6) is -0.131. The van der Waals surface area contributed by atoms with Gasteiger partial charge in [-0.1, -0.05) is 39.5 Å². The van der Waals surface area contributed by atoms with Crippen LogP contribution in [0.5, 0.6) is 0 Å². The Bertz CT molecular complexity index is 643. The Balaban J connectivity index is 1.44. The number of hydrogen-bond donors (Lipinski definition) is 0. The minimum Gasteiger partial charge on any atom is -0.462 e. The molecule has 3 rings (SSSR count). The van der Waals surface area contributed by atoms with Crippen LogP contribution in [0.15, 0.2) is 24.3 Å². The standard InChI is InChI=1S/C24H37FN2O2/c1-3-5-6-13-24(12-4-2)19-22(29-23(24)28)11-14-26-15-17-27(18-16-26)21-9-7-20(25)8-10-21/h7-10,22H,3-6,11-19H2,1-2H3/t22-,24?/m0/s1. The summed E-state index contributed by atoms with van der Waals surface area (Å²) in [5, 5.41) is 0. The minimum atomic E-state index is -0.226. The molecular weight excluding hydrogens is 367 g/mol. The van der Waals surface area contributed by atoms with E-state index in [1.807, 2.05) is 12.1 Å². The number of piperazine rings is 1. The summed E-state index contributed by atoms with van der Waals surface area (Å²) >= 11 is 0. The number of ether oxygens (including phenoxy) is 1. The number of hydrogen-bond acceptors (Lipinski definition) is 4. The minimum absolute atomic E-state index is 0.0570. The fraction of sp³-hybridized carbons (Fsp3) is 0.708. The van der Waals surface area contributed by atoms with E-state index in [2.05, 4.69) is 23.6 Å². The van der Waals surface area contributed by atoms with Crippen molar-refractivity contribution in [2.75, 3.05) is 37.6 Å². The number of benzene rings is 1. The first kappa shape index (κ1) is 22.1. The van der Waals surface area contributed by atoms with Gasteiger partial charge in [0.15, 0.2) is 0 Å². The molecule has 2 aliphatic heterocycles. The number of esters is 1. The third-order valence-electron chi connectivity index (χ3n) is 6.64. The molecule has 4 nitrogen and oxygen atoms in total. The van der Waals surface area contributed by atoms with Crippen molar-refractivity contribution in [3.05, 3.63) is 30.1 Å². The number of unbranched alkanes of at least 4 members (excludes halogenated alkanes) is 2. The second-order valence-electron chi connectivity index (χ2n) is 8.81. The van der Waals surface area contributed by atoms with Crippen molar-refractivity contribution in [2.24, 2.45) is 5.41 Å². The lowest BCUT2D eigenvalue weighted by atomic mass is 9.76. The van der Waals surface area contributed by atoms with Gasteiger partial charge in [-0.05, 0) is 43.5 Å². The first-order valence-corrected chi connectivity index (χ1v) is 11.5. The zero-order chi connectivity index (χ0) is 20.7. The molecule has 2 fully saturated rings. The molecule has 2 saturated heterocycles. The molecular formula is C24H37FN2O2. The molecule has 2 atom stereocenters. The molecule has 0 N–H and O–H groups in total. The summed E-state index contributed by atoms with van der Waals surface area (Å²) in [7, 11) is 0. The summed E-state index contributed by atoms with van der Waals surface area (Å²) in [5.41, 5.74) is 0.864. The molecule has 2 aliphatic rings. The molecule has 29 heavy (non-hydrogen) atoms. The second-order valence-corrected chi connectivity index (χ2v) is 8.81. The number of halogens is 1. The zero-order valence-electron chi connectivity index (χ0n) is 18.2. The van der Waals surface area contributed by atoms with Crippen LogP contribution in [-0.4, -0.2) is 49.7 Å². The van der Waals surface area contributed by atoms with Gasteiger partial charge < -0.3 is 9.64 Å². The van der Waals surface area contributed by atoms with E-state index < -0.39 is 0 Å². The highest BCUT2D eigenvalue weighted by atomic mass is 19.1. The van der Waals surface area contributed by atoms with Crippen molar-refractivity contribution < 1.29 is 13.9 Å². The average molecular weight is 405 g/mol. The third-order valence-corrected chi connectivity index (χ3v) is 6.64. The number of anilines is 1. The van der Waals surface area contributed by atoms with Crippen molar-refractivity contribution in [1.82, 2.24) is 4.90 Å². The lowest BCUT2D eigenvalue weighted by molar-refractivity contribution is -0.149. The van der Waals surface area contributed by atoms with E-state index in [1.165, 1.54) is 25.0 Å². The number of rotatable bonds is 10. The van der Waals surface area contributed by atoms with Crippen LogP contribution in [0.4, 0.5) is 10.1 Å². The van der Waals surface area contributed by atoms with Gasteiger partial charge in [0.2, 0.25) is 0 Å². The van der Waals surface area contributed by atoms with Gasteiger partial charge in [-0.25, -0.2) is 4.39 Å². The Hall–Kier alpha value is -1.62. The maximum Gasteiger partial charge on any atom is 0.312 e. The van der Waals surface area contributed by atoms with Gasteiger partial charge in [-0.15, -0.1) is 0 Å². The maximum atomic E-state index is 13.1. The van der Waals surface area contributed by atoms with Crippen LogP contribution >= 0.6 is 0 Å². The van der Waals surface area contributed by atoms with Gasteiger partial charge in [-0.3, -0.25) is 9.69 Å². The lowest BCUT2D eigenvalue weighted by Gasteiger charge is -2.36. The first-order valence-electron chi connectivity index (χ1n) is 11.5. The lowest BCUT2D eigenvalue weighted by Crippen LogP contribution is -2.47. The topological polar surface area (TPSA) is 32.8 Å². The van der Waals surface area contributed by atoms with Crippen molar-refractivity contribution in [3.63, 3.8) is 0 Å². The zero-order valence-corrected chi connectivity index (χ0v) is 18.2. The van der Waals surface area contributed by atoms with Gasteiger partial charge in [0, 0.05) is 44.8 Å². The van der Waals surface area contributed by atoms with Gasteiger partial charge >= 0.3 is 5.97 Å². The highest BCUT2D eigenvalue weighted by molar-refractivity contribution is 5.79. The van der Waals surface area contributed by atoms with Gasteiger partial charge in [0.05, 0.1) is 5.41 Å². The molecule has 1 aromatic rings. The van der Waals surface area contributed by atoms with E-state index in [-0.39, 0.29) is 23.3 Å². The van der Waals surface area contributed by atoms with Gasteiger partial charge in [-0.2, -0.15) is 0 Å². The third kappa shape index (κ3) is 5.71. The molecule has 2 heterocycles. The fourth-order valence-electron chi connectivity index (χ4n) is 4.93. The molecule has 1 aromatic carbocycles. The highest BCUT2D eigenvalue weighted by Gasteiger charge is 2.47. The predicted octanol–water partition coefficient (Wildman–Crippen LogP) is 5.02. The normalized spacial score (nSPS) is 25.4. The maximum absolute atomic E-state index is 13.1. The Kier molecular flexibility index (Phi) is 7.93. The van der Waals surface area contributed by atoms with Gasteiger partial charge in [0.1, 0.15) is 11.9 Å². The van der Waals surface area contributed by atoms with Crippen molar-refractivity contribution in [3.8, 4) is 0 Å². The smallest absolute Gasteiger partial charge is 0.312 e. The van der Waals surface area contributed by atoms with E-state index in [0.717, 1.165) is 76.9 Å². The van der Waals surface area contributed by atoms with E-state index in [1.54, 1.807) is 0 Å². The molecule has 0 spiro atoms. The molecule has 0 amide bonds. The highest BCUT2D eigenvalue weighted by Crippen LogP contribution is 2.43. The van der Waals surface area contributed by atoms with Crippen LogP contribution in [0.1, 0.15) is 65.2 Å². The van der Waals surface area contributed by atoms with Crippen LogP contribution in [-0.2, 0) is 9.53 Å². The average Bonchev–Trinajstić information content (AvgIpc) is 3.03. The molecule has 0 aliphatic carbocycles. The molecule has 0 saturated carbocycles. The van der Waals surface area contributed by atoms with E-state index >= 15 is 0 Å². The quantitative estimate of drug-likeness (QED) is 0.405. The number of cyclic esters (lactones) is 1. The molecule has 162 valence electrons. The summed E-state index contributed by atoms with van der Waals surface area (Å²) in [6.45, 7) is 9.25. The Morgan fingerprint density at radius 3 is 2.41 bits per heavy atom. The Morgan fingerprint density at radius 2 is 1.76 bits per heavy atom. The summed E-state index contributed by atoms with van der Waals surface area (Å²) in [4.78, 5) is 17.5. The van der Waals surface area contributed by atoms with Crippen LogP contribution in [0.2, 0.25) is 0 Å². The van der Waals surface area contributed by atoms with E-state index in [0.29, 0.717) is 0 Å². The number of carbonyl (C=O) groups excluding carboxylic acids is 1. The van der Waals surface area contributed by atoms with Crippen molar-refractivity contribution in [1.29, 1.82) is 0 Å². The summed E-state index contributed by atoms with van der Waals surface area (Å²) in [6, 6.07) is 6.77. The Labute approximate surface area is 175 Å². The molecule has 5 heteroatoms. The molecule has 0 bridgehead atoms. The van der Waals surface area contributed by atoms with E-state index in [4.69, 9.17) is 4.74 Å². The number of carbonyl (C=O) groups is 1. The molecule has 0 aromatic heterocycles.